The summed E-state index contributed by atoms with van der Waals surface area (Å²) in [6.45, 7) is 3.52. The number of rotatable bonds is 4. The first-order valence-corrected chi connectivity index (χ1v) is 7.29. The molecule has 5 nitrogen and oxygen atoms in total. The first-order valence-electron chi connectivity index (χ1n) is 6.91. The van der Waals surface area contributed by atoms with Gasteiger partial charge in [0.25, 0.3) is 5.69 Å². The van der Waals surface area contributed by atoms with Gasteiger partial charge in [-0.15, -0.1) is 0 Å². The maximum absolute atomic E-state index is 10.7. The minimum atomic E-state index is -0.429. The zero-order valence-corrected chi connectivity index (χ0v) is 12.3. The highest BCUT2D eigenvalue weighted by Crippen LogP contribution is 2.28. The van der Waals surface area contributed by atoms with E-state index >= 15 is 0 Å². The molecule has 2 rings (SSSR count). The molecule has 2 unspecified atom stereocenters. The van der Waals surface area contributed by atoms with Crippen molar-refractivity contribution < 1.29 is 4.92 Å². The fraction of sp³-hybridized carbons (Fsp3) is 0.571. The Morgan fingerprint density at radius 2 is 2.25 bits per heavy atom. The van der Waals surface area contributed by atoms with Crippen molar-refractivity contribution in [1.29, 1.82) is 0 Å². The molecule has 0 spiro atoms. The SMILES string of the molecule is CC1CCCC(CN)N1Cc1ccc([N+](=O)[O-])cc1Cl. The van der Waals surface area contributed by atoms with Crippen molar-refractivity contribution in [3.05, 3.63) is 38.9 Å². The van der Waals surface area contributed by atoms with Gasteiger partial charge in [-0.25, -0.2) is 0 Å². The van der Waals surface area contributed by atoms with Crippen LogP contribution in [-0.4, -0.2) is 28.5 Å². The summed E-state index contributed by atoms with van der Waals surface area (Å²) in [5.74, 6) is 0. The minimum Gasteiger partial charge on any atom is -0.329 e. The average Bonchev–Trinajstić information content (AvgIpc) is 2.42. The van der Waals surface area contributed by atoms with Crippen LogP contribution in [0.5, 0.6) is 0 Å². The number of likely N-dealkylation sites (tertiary alicyclic amines) is 1. The van der Waals surface area contributed by atoms with Gasteiger partial charge in [-0.1, -0.05) is 18.0 Å². The number of benzene rings is 1. The summed E-state index contributed by atoms with van der Waals surface area (Å²) >= 11 is 6.17. The van der Waals surface area contributed by atoms with Crippen LogP contribution in [-0.2, 0) is 6.54 Å². The van der Waals surface area contributed by atoms with Crippen LogP contribution in [0.3, 0.4) is 0 Å². The molecule has 0 aliphatic carbocycles. The Hall–Kier alpha value is -1.17. The van der Waals surface area contributed by atoms with E-state index in [9.17, 15) is 10.1 Å². The summed E-state index contributed by atoms with van der Waals surface area (Å²) in [6, 6.07) is 5.50. The van der Waals surface area contributed by atoms with Gasteiger partial charge < -0.3 is 5.73 Å². The predicted octanol–water partition coefficient (Wildman–Crippen LogP) is 2.95. The van der Waals surface area contributed by atoms with Crippen molar-refractivity contribution >= 4 is 17.3 Å². The first-order chi connectivity index (χ1) is 9.52. The molecule has 6 heteroatoms. The lowest BCUT2D eigenvalue weighted by atomic mass is 9.95. The van der Waals surface area contributed by atoms with Crippen LogP contribution in [0.15, 0.2) is 18.2 Å². The highest BCUT2D eigenvalue weighted by atomic mass is 35.5. The molecule has 1 aromatic rings. The lowest BCUT2D eigenvalue weighted by Crippen LogP contribution is -2.48. The minimum absolute atomic E-state index is 0.0285. The third-order valence-electron chi connectivity index (χ3n) is 4.07. The molecule has 0 aromatic heterocycles. The van der Waals surface area contributed by atoms with Crippen molar-refractivity contribution in [2.24, 2.45) is 5.73 Å². The van der Waals surface area contributed by atoms with E-state index < -0.39 is 4.92 Å². The van der Waals surface area contributed by atoms with Gasteiger partial charge in [0.05, 0.1) is 9.95 Å². The summed E-state index contributed by atoms with van der Waals surface area (Å²) in [5.41, 5.74) is 6.80. The molecule has 0 bridgehead atoms. The molecule has 1 saturated heterocycles. The summed E-state index contributed by atoms with van der Waals surface area (Å²) < 4.78 is 0. The summed E-state index contributed by atoms with van der Waals surface area (Å²) in [5, 5.41) is 11.2. The van der Waals surface area contributed by atoms with Crippen molar-refractivity contribution in [3.63, 3.8) is 0 Å². The molecular weight excluding hydrogens is 278 g/mol. The van der Waals surface area contributed by atoms with Crippen molar-refractivity contribution in [3.8, 4) is 0 Å². The van der Waals surface area contributed by atoms with Gasteiger partial charge in [0.15, 0.2) is 0 Å². The fourth-order valence-electron chi connectivity index (χ4n) is 2.85. The Kier molecular flexibility index (Phi) is 4.96. The topological polar surface area (TPSA) is 72.4 Å². The number of nitro benzene ring substituents is 1. The van der Waals surface area contributed by atoms with Gasteiger partial charge in [0.1, 0.15) is 0 Å². The molecule has 1 aromatic carbocycles. The zero-order chi connectivity index (χ0) is 14.7. The van der Waals surface area contributed by atoms with Gasteiger partial charge in [-0.05, 0) is 31.4 Å². The number of hydrogen-bond acceptors (Lipinski definition) is 4. The van der Waals surface area contributed by atoms with Crippen LogP contribution in [0.1, 0.15) is 31.7 Å². The Balaban J connectivity index is 2.17. The van der Waals surface area contributed by atoms with Gasteiger partial charge in [-0.2, -0.15) is 0 Å². The van der Waals surface area contributed by atoms with E-state index in [-0.39, 0.29) is 5.69 Å². The molecule has 110 valence electrons. The van der Waals surface area contributed by atoms with Crippen LogP contribution in [0, 0.1) is 10.1 Å². The Morgan fingerprint density at radius 3 is 2.85 bits per heavy atom. The molecular formula is C14H20ClN3O2. The lowest BCUT2D eigenvalue weighted by molar-refractivity contribution is -0.384. The van der Waals surface area contributed by atoms with Crippen molar-refractivity contribution in [2.45, 2.75) is 44.8 Å². The van der Waals surface area contributed by atoms with Crippen LogP contribution in [0.2, 0.25) is 5.02 Å². The molecule has 1 aliphatic rings. The van der Waals surface area contributed by atoms with Gasteiger partial charge in [0, 0.05) is 37.3 Å². The lowest BCUT2D eigenvalue weighted by Gasteiger charge is -2.40. The molecule has 20 heavy (non-hydrogen) atoms. The number of nitro groups is 1. The summed E-state index contributed by atoms with van der Waals surface area (Å²) in [6.07, 6.45) is 3.46. The highest BCUT2D eigenvalue weighted by molar-refractivity contribution is 6.31. The fourth-order valence-corrected chi connectivity index (χ4v) is 3.09. The van der Waals surface area contributed by atoms with Gasteiger partial charge in [0.2, 0.25) is 0 Å². The van der Waals surface area contributed by atoms with E-state index in [1.807, 2.05) is 0 Å². The molecule has 0 amide bonds. The van der Waals surface area contributed by atoms with E-state index in [1.54, 1.807) is 6.07 Å². The number of nitrogens with two attached hydrogens (primary N) is 1. The number of halogens is 1. The molecule has 2 atom stereocenters. The Labute approximate surface area is 123 Å². The Bertz CT molecular complexity index is 495. The maximum Gasteiger partial charge on any atom is 0.270 e. The molecule has 1 heterocycles. The van der Waals surface area contributed by atoms with E-state index in [0.717, 1.165) is 18.4 Å². The highest BCUT2D eigenvalue weighted by Gasteiger charge is 2.27. The number of piperidine rings is 1. The number of hydrogen-bond donors (Lipinski definition) is 1. The maximum atomic E-state index is 10.7. The second-order valence-corrected chi connectivity index (χ2v) is 5.78. The average molecular weight is 298 g/mol. The standard InChI is InChI=1S/C14H20ClN3O2/c1-10-3-2-4-13(8-16)17(10)9-11-5-6-12(18(19)20)7-14(11)15/h5-7,10,13H,2-4,8-9,16H2,1H3. The largest absolute Gasteiger partial charge is 0.329 e. The van der Waals surface area contributed by atoms with E-state index in [1.165, 1.54) is 18.6 Å². The normalized spacial score (nSPS) is 23.8. The number of nitrogens with zero attached hydrogens (tertiary/aromatic N) is 2. The molecule has 1 aliphatic heterocycles. The Morgan fingerprint density at radius 1 is 1.50 bits per heavy atom. The second kappa shape index (κ2) is 6.52. The van der Waals surface area contributed by atoms with Crippen molar-refractivity contribution in [1.82, 2.24) is 4.90 Å². The van der Waals surface area contributed by atoms with E-state index in [4.69, 9.17) is 17.3 Å². The van der Waals surface area contributed by atoms with Crippen molar-refractivity contribution in [2.75, 3.05) is 6.54 Å². The van der Waals surface area contributed by atoms with Crippen LogP contribution in [0.25, 0.3) is 0 Å². The quantitative estimate of drug-likeness (QED) is 0.685. The van der Waals surface area contributed by atoms with Gasteiger partial charge >= 0.3 is 0 Å². The summed E-state index contributed by atoms with van der Waals surface area (Å²) in [7, 11) is 0. The smallest absolute Gasteiger partial charge is 0.270 e. The van der Waals surface area contributed by atoms with Crippen LogP contribution in [0.4, 0.5) is 5.69 Å². The molecule has 0 saturated carbocycles. The summed E-state index contributed by atoms with van der Waals surface area (Å²) in [4.78, 5) is 12.7. The third-order valence-corrected chi connectivity index (χ3v) is 4.42. The third kappa shape index (κ3) is 3.29. The second-order valence-electron chi connectivity index (χ2n) is 5.37. The molecule has 0 radical (unpaired) electrons. The predicted molar refractivity (Wildman–Crippen MR) is 79.8 cm³/mol. The number of non-ortho nitro benzene ring substituents is 1. The molecule has 2 N–H and O–H groups in total. The van der Waals surface area contributed by atoms with E-state index in [2.05, 4.69) is 11.8 Å². The van der Waals surface area contributed by atoms with Crippen LogP contribution < -0.4 is 5.73 Å². The monoisotopic (exact) mass is 297 g/mol. The zero-order valence-electron chi connectivity index (χ0n) is 11.6. The molecule has 1 fully saturated rings. The van der Waals surface area contributed by atoms with E-state index in [0.29, 0.717) is 30.2 Å². The van der Waals surface area contributed by atoms with Crippen LogP contribution >= 0.6 is 11.6 Å². The first kappa shape index (κ1) is 15.2. The van der Waals surface area contributed by atoms with Gasteiger partial charge in [-0.3, -0.25) is 15.0 Å².